The predicted molar refractivity (Wildman–Crippen MR) is 72.4 cm³/mol. The summed E-state index contributed by atoms with van der Waals surface area (Å²) in [5.41, 5.74) is 6.08. The number of amides is 1. The molecule has 0 bridgehead atoms. The fraction of sp³-hybridized carbons (Fsp3) is 0.143. The summed E-state index contributed by atoms with van der Waals surface area (Å²) in [5, 5.41) is 2.43. The van der Waals surface area contributed by atoms with E-state index in [1.807, 2.05) is 0 Å². The van der Waals surface area contributed by atoms with Crippen molar-refractivity contribution in [2.75, 3.05) is 11.1 Å². The highest BCUT2D eigenvalue weighted by Gasteiger charge is 2.20. The largest absolute Gasteiger partial charge is 0.396 e. The van der Waals surface area contributed by atoms with E-state index in [9.17, 15) is 13.6 Å². The molecular weight excluding hydrogens is 264 g/mol. The number of nitrogens with two attached hydrogens (primary N) is 1. The van der Waals surface area contributed by atoms with Gasteiger partial charge in [0.1, 0.15) is 11.4 Å². The summed E-state index contributed by atoms with van der Waals surface area (Å²) < 4.78 is 27.3. The number of pyridine rings is 1. The first kappa shape index (κ1) is 13.9. The monoisotopic (exact) mass is 277 g/mol. The third-order valence-corrected chi connectivity index (χ3v) is 2.82. The van der Waals surface area contributed by atoms with E-state index >= 15 is 0 Å². The van der Waals surface area contributed by atoms with Crippen molar-refractivity contribution in [2.24, 2.45) is 0 Å². The van der Waals surface area contributed by atoms with Crippen LogP contribution in [0.15, 0.2) is 24.3 Å². The molecule has 3 N–H and O–H groups in total. The second-order valence-electron chi connectivity index (χ2n) is 4.37. The molecule has 4 nitrogen and oxygen atoms in total. The summed E-state index contributed by atoms with van der Waals surface area (Å²) in [6, 6.07) is 5.33. The normalized spacial score (nSPS) is 10.4. The highest BCUT2D eigenvalue weighted by Crippen LogP contribution is 2.21. The van der Waals surface area contributed by atoms with Crippen molar-refractivity contribution in [3.05, 3.63) is 52.9 Å². The second-order valence-corrected chi connectivity index (χ2v) is 4.37. The Morgan fingerprint density at radius 1 is 1.20 bits per heavy atom. The van der Waals surface area contributed by atoms with Gasteiger partial charge >= 0.3 is 0 Å². The van der Waals surface area contributed by atoms with Crippen molar-refractivity contribution in [3.63, 3.8) is 0 Å². The Kier molecular flexibility index (Phi) is 3.65. The lowest BCUT2D eigenvalue weighted by Gasteiger charge is -2.10. The number of hydrogen-bond acceptors (Lipinski definition) is 3. The van der Waals surface area contributed by atoms with Crippen LogP contribution in [0.4, 0.5) is 20.2 Å². The van der Waals surface area contributed by atoms with E-state index < -0.39 is 23.1 Å². The standard InChI is InChI=1S/C14H13F2N3O/c1-7-3-6-11(8(2)18-7)19-14(20)12-9(15)4-5-10(17)13(12)16/h3-6H,17H2,1-2H3,(H,19,20). The van der Waals surface area contributed by atoms with Crippen LogP contribution in [0, 0.1) is 25.5 Å². The van der Waals surface area contributed by atoms with Gasteiger partial charge in [0.2, 0.25) is 0 Å². The Morgan fingerprint density at radius 2 is 1.90 bits per heavy atom. The average molecular weight is 277 g/mol. The number of nitrogens with zero attached hydrogens (tertiary/aromatic N) is 1. The van der Waals surface area contributed by atoms with E-state index in [2.05, 4.69) is 10.3 Å². The van der Waals surface area contributed by atoms with Crippen molar-refractivity contribution < 1.29 is 13.6 Å². The van der Waals surface area contributed by atoms with E-state index in [4.69, 9.17) is 5.73 Å². The molecule has 0 saturated heterocycles. The molecule has 1 aromatic carbocycles. The van der Waals surface area contributed by atoms with Gasteiger partial charge in [-0.25, -0.2) is 8.78 Å². The van der Waals surface area contributed by atoms with Crippen molar-refractivity contribution in [2.45, 2.75) is 13.8 Å². The first-order chi connectivity index (χ1) is 9.40. The van der Waals surface area contributed by atoms with E-state index in [1.165, 1.54) is 0 Å². The lowest BCUT2D eigenvalue weighted by Crippen LogP contribution is -2.17. The maximum atomic E-state index is 13.7. The van der Waals surface area contributed by atoms with Crippen molar-refractivity contribution >= 4 is 17.3 Å². The number of halogens is 2. The minimum Gasteiger partial charge on any atom is -0.396 e. The van der Waals surface area contributed by atoms with Gasteiger partial charge in [0, 0.05) is 5.69 Å². The molecule has 0 spiro atoms. The number of carbonyl (C=O) groups excluding carboxylic acids is 1. The number of anilines is 2. The molecule has 104 valence electrons. The molecule has 1 aromatic heterocycles. The van der Waals surface area contributed by atoms with Crippen LogP contribution in [-0.2, 0) is 0 Å². The molecule has 0 atom stereocenters. The maximum absolute atomic E-state index is 13.7. The number of nitrogens with one attached hydrogen (secondary N) is 1. The molecule has 0 saturated carbocycles. The van der Waals surface area contributed by atoms with Gasteiger partial charge in [0.25, 0.3) is 5.91 Å². The number of aryl methyl sites for hydroxylation is 2. The molecule has 0 aliphatic rings. The number of aromatic nitrogens is 1. The van der Waals surface area contributed by atoms with Crippen LogP contribution in [0.3, 0.4) is 0 Å². The van der Waals surface area contributed by atoms with E-state index in [0.29, 0.717) is 11.4 Å². The molecular formula is C14H13F2N3O. The molecule has 0 aliphatic heterocycles. The third kappa shape index (κ3) is 2.59. The summed E-state index contributed by atoms with van der Waals surface area (Å²) in [7, 11) is 0. The molecule has 0 unspecified atom stereocenters. The zero-order valence-corrected chi connectivity index (χ0v) is 11.0. The molecule has 0 radical (unpaired) electrons. The van der Waals surface area contributed by atoms with Crippen LogP contribution in [0.25, 0.3) is 0 Å². The summed E-state index contributed by atoms with van der Waals surface area (Å²) in [6.07, 6.45) is 0. The van der Waals surface area contributed by atoms with Crippen LogP contribution in [0.5, 0.6) is 0 Å². The Balaban J connectivity index is 2.36. The molecule has 0 fully saturated rings. The number of rotatable bonds is 2. The molecule has 0 aliphatic carbocycles. The number of benzene rings is 1. The van der Waals surface area contributed by atoms with Crippen LogP contribution in [0.2, 0.25) is 0 Å². The highest BCUT2D eigenvalue weighted by molar-refractivity contribution is 6.05. The smallest absolute Gasteiger partial charge is 0.261 e. The van der Waals surface area contributed by atoms with Crippen LogP contribution >= 0.6 is 0 Å². The fourth-order valence-electron chi connectivity index (χ4n) is 1.78. The van der Waals surface area contributed by atoms with Gasteiger partial charge in [-0.1, -0.05) is 0 Å². The molecule has 2 rings (SSSR count). The molecule has 1 heterocycles. The minimum absolute atomic E-state index is 0.282. The van der Waals surface area contributed by atoms with Crippen LogP contribution in [-0.4, -0.2) is 10.9 Å². The third-order valence-electron chi connectivity index (χ3n) is 2.82. The zero-order valence-electron chi connectivity index (χ0n) is 11.0. The highest BCUT2D eigenvalue weighted by atomic mass is 19.1. The topological polar surface area (TPSA) is 68.0 Å². The molecule has 1 amide bonds. The van der Waals surface area contributed by atoms with Gasteiger partial charge in [0.15, 0.2) is 5.82 Å². The maximum Gasteiger partial charge on any atom is 0.261 e. The van der Waals surface area contributed by atoms with Crippen molar-refractivity contribution in [1.29, 1.82) is 0 Å². The Bertz CT molecular complexity index is 686. The Hall–Kier alpha value is -2.50. The predicted octanol–water partition coefficient (Wildman–Crippen LogP) is 2.81. The summed E-state index contributed by atoms with van der Waals surface area (Å²) in [4.78, 5) is 16.1. The summed E-state index contributed by atoms with van der Waals surface area (Å²) in [5.74, 6) is -2.94. The quantitative estimate of drug-likeness (QED) is 0.829. The minimum atomic E-state index is -1.07. The Morgan fingerprint density at radius 3 is 2.55 bits per heavy atom. The van der Waals surface area contributed by atoms with Crippen LogP contribution < -0.4 is 11.1 Å². The van der Waals surface area contributed by atoms with Crippen LogP contribution in [0.1, 0.15) is 21.7 Å². The first-order valence-electron chi connectivity index (χ1n) is 5.89. The van der Waals surface area contributed by atoms with Gasteiger partial charge in [-0.3, -0.25) is 9.78 Å². The number of nitrogen functional groups attached to an aromatic ring is 1. The molecule has 20 heavy (non-hydrogen) atoms. The number of hydrogen-bond donors (Lipinski definition) is 2. The Labute approximate surface area is 114 Å². The van der Waals surface area contributed by atoms with Crippen molar-refractivity contribution in [3.8, 4) is 0 Å². The summed E-state index contributed by atoms with van der Waals surface area (Å²) >= 11 is 0. The van der Waals surface area contributed by atoms with Gasteiger partial charge in [-0.2, -0.15) is 0 Å². The lowest BCUT2D eigenvalue weighted by atomic mass is 10.1. The summed E-state index contributed by atoms with van der Waals surface area (Å²) in [6.45, 7) is 3.49. The SMILES string of the molecule is Cc1ccc(NC(=O)c2c(F)ccc(N)c2F)c(C)n1. The first-order valence-corrected chi connectivity index (χ1v) is 5.89. The fourth-order valence-corrected chi connectivity index (χ4v) is 1.78. The van der Waals surface area contributed by atoms with E-state index in [-0.39, 0.29) is 5.69 Å². The second kappa shape index (κ2) is 5.24. The van der Waals surface area contributed by atoms with Gasteiger partial charge in [-0.05, 0) is 38.1 Å². The zero-order chi connectivity index (χ0) is 14.9. The van der Waals surface area contributed by atoms with Gasteiger partial charge < -0.3 is 11.1 Å². The van der Waals surface area contributed by atoms with Gasteiger partial charge in [-0.15, -0.1) is 0 Å². The number of carbonyl (C=O) groups is 1. The van der Waals surface area contributed by atoms with Crippen molar-refractivity contribution in [1.82, 2.24) is 4.98 Å². The lowest BCUT2D eigenvalue weighted by molar-refractivity contribution is 0.101. The van der Waals surface area contributed by atoms with Gasteiger partial charge in [0.05, 0.1) is 17.1 Å². The van der Waals surface area contributed by atoms with E-state index in [1.54, 1.807) is 26.0 Å². The molecule has 6 heteroatoms. The average Bonchev–Trinajstić information content (AvgIpc) is 2.38. The molecule has 2 aromatic rings. The van der Waals surface area contributed by atoms with E-state index in [0.717, 1.165) is 17.8 Å².